The molecule has 0 aliphatic carbocycles. The molecular weight excluding hydrogens is 252 g/mol. The number of aliphatic hydroxyl groups excluding tert-OH is 1. The molecule has 0 aliphatic rings. The molecule has 0 aromatic heterocycles. The molecule has 0 fully saturated rings. The number of allylic oxidation sites excluding steroid dienone is 1. The number of aliphatic hydroxyl groups is 1. The lowest BCUT2D eigenvalue weighted by Crippen LogP contribution is -2.16. The van der Waals surface area contributed by atoms with Crippen molar-refractivity contribution in [3.8, 4) is 0 Å². The van der Waals surface area contributed by atoms with Crippen molar-refractivity contribution in [1.29, 1.82) is 0 Å². The van der Waals surface area contributed by atoms with Crippen molar-refractivity contribution < 1.29 is 15.0 Å². The van der Waals surface area contributed by atoms with Gasteiger partial charge in [-0.05, 0) is 16.5 Å². The Bertz CT molecular complexity index is 540. The zero-order valence-corrected chi connectivity index (χ0v) is 13.1. The fourth-order valence-electron chi connectivity index (χ4n) is 1.88. The summed E-state index contributed by atoms with van der Waals surface area (Å²) in [5, 5.41) is 19.7. The highest BCUT2D eigenvalue weighted by Crippen LogP contribution is 2.32. The van der Waals surface area contributed by atoms with Gasteiger partial charge in [-0.15, -0.1) is 0 Å². The van der Waals surface area contributed by atoms with E-state index in [4.69, 9.17) is 0 Å². The molecule has 3 nitrogen and oxygen atoms in total. The molecule has 1 rings (SSSR count). The molecule has 0 bridgehead atoms. The molecule has 0 radical (unpaired) electrons. The Morgan fingerprint density at radius 2 is 1.55 bits per heavy atom. The second-order valence-electron chi connectivity index (χ2n) is 7.11. The zero-order chi connectivity index (χ0) is 15.7. The Hall–Kier alpha value is -1.77. The number of rotatable bonds is 2. The Labute approximate surface area is 121 Å². The number of carboxylic acid groups (broad SMARTS) is 1. The lowest BCUT2D eigenvalue weighted by molar-refractivity contribution is -0.130. The first kappa shape index (κ1) is 16.3. The maximum absolute atomic E-state index is 11.5. The van der Waals surface area contributed by atoms with Gasteiger partial charge in [0.1, 0.15) is 11.3 Å². The summed E-state index contributed by atoms with van der Waals surface area (Å²) >= 11 is 0. The zero-order valence-electron chi connectivity index (χ0n) is 13.1. The van der Waals surface area contributed by atoms with E-state index < -0.39 is 11.4 Å². The topological polar surface area (TPSA) is 57.5 Å². The first-order valence-corrected chi connectivity index (χ1v) is 6.72. The lowest BCUT2D eigenvalue weighted by Gasteiger charge is -2.22. The number of carbonyl (C=O) groups is 1. The third-order valence-electron chi connectivity index (χ3n) is 3.18. The van der Waals surface area contributed by atoms with Crippen LogP contribution in [0.1, 0.15) is 52.7 Å². The molecule has 0 saturated heterocycles. The average Bonchev–Trinajstić information content (AvgIpc) is 2.26. The Morgan fingerprint density at radius 3 is 1.95 bits per heavy atom. The molecule has 1 aromatic rings. The summed E-state index contributed by atoms with van der Waals surface area (Å²) in [5.41, 5.74) is 0.874. The lowest BCUT2D eigenvalue weighted by atomic mass is 9.83. The van der Waals surface area contributed by atoms with Crippen LogP contribution in [0, 0.1) is 5.41 Å². The van der Waals surface area contributed by atoms with Crippen molar-refractivity contribution in [2.24, 2.45) is 5.41 Å². The number of hydrogen-bond donors (Lipinski definition) is 2. The van der Waals surface area contributed by atoms with E-state index in [1.165, 1.54) is 0 Å². The third kappa shape index (κ3) is 3.62. The summed E-state index contributed by atoms with van der Waals surface area (Å²) in [7, 11) is 0. The van der Waals surface area contributed by atoms with Gasteiger partial charge in [-0.3, -0.25) is 0 Å². The van der Waals surface area contributed by atoms with Crippen LogP contribution in [-0.4, -0.2) is 16.2 Å². The Kier molecular flexibility index (Phi) is 4.33. The molecule has 110 valence electrons. The van der Waals surface area contributed by atoms with Gasteiger partial charge in [0.25, 0.3) is 0 Å². The predicted molar refractivity (Wildman–Crippen MR) is 81.8 cm³/mol. The van der Waals surface area contributed by atoms with Gasteiger partial charge >= 0.3 is 5.97 Å². The molecule has 2 N–H and O–H groups in total. The van der Waals surface area contributed by atoms with E-state index in [9.17, 15) is 15.0 Å². The fourth-order valence-corrected chi connectivity index (χ4v) is 1.88. The first-order chi connectivity index (χ1) is 8.94. The quantitative estimate of drug-likeness (QED) is 0.622. The van der Waals surface area contributed by atoms with Crippen LogP contribution in [0.2, 0.25) is 0 Å². The summed E-state index contributed by atoms with van der Waals surface area (Å²) in [6.45, 7) is 11.6. The largest absolute Gasteiger partial charge is 0.511 e. The predicted octanol–water partition coefficient (Wildman–Crippen LogP) is 4.38. The molecule has 0 aliphatic heterocycles. The Balaban J connectivity index is 3.51. The van der Waals surface area contributed by atoms with Gasteiger partial charge in [0, 0.05) is 5.41 Å². The second kappa shape index (κ2) is 5.31. The van der Waals surface area contributed by atoms with Gasteiger partial charge < -0.3 is 10.2 Å². The molecule has 20 heavy (non-hydrogen) atoms. The van der Waals surface area contributed by atoms with Crippen LogP contribution in [0.25, 0.3) is 5.57 Å². The monoisotopic (exact) mass is 276 g/mol. The highest BCUT2D eigenvalue weighted by atomic mass is 16.4. The number of hydrogen-bond acceptors (Lipinski definition) is 2. The van der Waals surface area contributed by atoms with Gasteiger partial charge in [0.15, 0.2) is 0 Å². The van der Waals surface area contributed by atoms with E-state index in [2.05, 4.69) is 20.8 Å². The minimum absolute atomic E-state index is 0.0244. The van der Waals surface area contributed by atoms with Crippen molar-refractivity contribution in [3.63, 3.8) is 0 Å². The number of carboxylic acids is 1. The number of aliphatic carboxylic acids is 1. The summed E-state index contributed by atoms with van der Waals surface area (Å²) in [5.74, 6) is -1.21. The summed E-state index contributed by atoms with van der Waals surface area (Å²) in [6.07, 6.45) is 0. The van der Waals surface area contributed by atoms with Crippen LogP contribution in [-0.2, 0) is 10.2 Å². The van der Waals surface area contributed by atoms with E-state index >= 15 is 0 Å². The summed E-state index contributed by atoms with van der Waals surface area (Å²) < 4.78 is 0. The molecule has 0 spiro atoms. The van der Waals surface area contributed by atoms with Crippen molar-refractivity contribution in [3.05, 3.63) is 41.2 Å². The van der Waals surface area contributed by atoms with Gasteiger partial charge in [-0.1, -0.05) is 65.8 Å². The van der Waals surface area contributed by atoms with Crippen LogP contribution in [0.15, 0.2) is 30.0 Å². The Morgan fingerprint density at radius 1 is 1.00 bits per heavy atom. The molecule has 0 saturated carbocycles. The van der Waals surface area contributed by atoms with E-state index in [1.807, 2.05) is 18.2 Å². The molecular formula is C17H24O3. The third-order valence-corrected chi connectivity index (χ3v) is 3.18. The van der Waals surface area contributed by atoms with Crippen LogP contribution < -0.4 is 0 Å². The highest BCUT2D eigenvalue weighted by Gasteiger charge is 2.26. The molecule has 0 amide bonds. The van der Waals surface area contributed by atoms with Crippen molar-refractivity contribution in [2.45, 2.75) is 47.0 Å². The smallest absolute Gasteiger partial charge is 0.339 e. The van der Waals surface area contributed by atoms with Gasteiger partial charge in [-0.2, -0.15) is 0 Å². The van der Waals surface area contributed by atoms with Crippen LogP contribution in [0.5, 0.6) is 0 Å². The minimum atomic E-state index is -1.11. The minimum Gasteiger partial charge on any atom is -0.511 e. The van der Waals surface area contributed by atoms with E-state index in [0.29, 0.717) is 5.56 Å². The van der Waals surface area contributed by atoms with Crippen LogP contribution >= 0.6 is 0 Å². The van der Waals surface area contributed by atoms with Gasteiger partial charge in [0.2, 0.25) is 0 Å². The molecule has 0 heterocycles. The highest BCUT2D eigenvalue weighted by molar-refractivity contribution is 6.16. The fraction of sp³-hybridized carbons (Fsp3) is 0.471. The first-order valence-electron chi connectivity index (χ1n) is 6.72. The van der Waals surface area contributed by atoms with Gasteiger partial charge in [-0.25, -0.2) is 4.79 Å². The molecule has 0 unspecified atom stereocenters. The molecule has 1 aromatic carbocycles. The SMILES string of the molecule is CC(C)(C)C(O)=C(C(=O)O)c1cccc(C(C)(C)C)c1. The van der Waals surface area contributed by atoms with Gasteiger partial charge in [0.05, 0.1) is 0 Å². The van der Waals surface area contributed by atoms with Crippen molar-refractivity contribution in [2.75, 3.05) is 0 Å². The summed E-state index contributed by atoms with van der Waals surface area (Å²) in [6, 6.07) is 7.36. The maximum atomic E-state index is 11.5. The summed E-state index contributed by atoms with van der Waals surface area (Å²) in [4.78, 5) is 11.5. The van der Waals surface area contributed by atoms with Crippen LogP contribution in [0.4, 0.5) is 0 Å². The molecule has 3 heteroatoms. The normalized spacial score (nSPS) is 13.9. The standard InChI is InChI=1S/C17H24O3/c1-16(2,3)12-9-7-8-11(10-12)13(15(19)20)14(18)17(4,5)6/h7-10,18H,1-6H3,(H,19,20). The van der Waals surface area contributed by atoms with E-state index in [1.54, 1.807) is 26.8 Å². The molecule has 0 atom stereocenters. The number of benzene rings is 1. The van der Waals surface area contributed by atoms with E-state index in [-0.39, 0.29) is 16.7 Å². The second-order valence-corrected chi connectivity index (χ2v) is 7.11. The van der Waals surface area contributed by atoms with Crippen LogP contribution in [0.3, 0.4) is 0 Å². The van der Waals surface area contributed by atoms with Crippen molar-refractivity contribution in [1.82, 2.24) is 0 Å². The maximum Gasteiger partial charge on any atom is 0.339 e. The van der Waals surface area contributed by atoms with E-state index in [0.717, 1.165) is 5.56 Å². The van der Waals surface area contributed by atoms with Crippen molar-refractivity contribution >= 4 is 11.5 Å². The average molecular weight is 276 g/mol.